The standard InChI is InChI=1S/C21H30F3N3O6/c1-2-15(28)20(32)27-9-12-4-3-5-13(12)17(27)19(31)26-14(8-11-6-7-25-18(11)30)16(29)10-33-21(22,23)24/h11-15,17,28H,2-10H2,1H3,(H,25,30)(H,26,31)/t11?,12?,13?,14?,15-,17?/m1/s1. The number of nitrogens with one attached hydrogen (secondary N) is 2. The van der Waals surface area contributed by atoms with Gasteiger partial charge in [0.25, 0.3) is 5.91 Å². The van der Waals surface area contributed by atoms with Crippen LogP contribution in [0.1, 0.15) is 45.4 Å². The molecule has 5 unspecified atom stereocenters. The number of hydrogen-bond acceptors (Lipinski definition) is 6. The van der Waals surface area contributed by atoms with Crippen molar-refractivity contribution in [3.8, 4) is 0 Å². The van der Waals surface area contributed by atoms with E-state index in [1.54, 1.807) is 6.92 Å². The third kappa shape index (κ3) is 6.03. The number of hydrogen-bond donors (Lipinski definition) is 3. The molecule has 3 N–H and O–H groups in total. The number of nitrogens with zero attached hydrogens (tertiary/aromatic N) is 1. The summed E-state index contributed by atoms with van der Waals surface area (Å²) in [6, 6.07) is -2.30. The fraction of sp³-hybridized carbons (Fsp3) is 0.810. The van der Waals surface area contributed by atoms with Crippen molar-refractivity contribution in [2.45, 2.75) is 70.0 Å². The zero-order valence-electron chi connectivity index (χ0n) is 18.4. The zero-order chi connectivity index (χ0) is 24.3. The highest BCUT2D eigenvalue weighted by molar-refractivity contribution is 5.95. The zero-order valence-corrected chi connectivity index (χ0v) is 18.4. The maximum absolute atomic E-state index is 13.3. The lowest BCUT2D eigenvalue weighted by molar-refractivity contribution is -0.321. The lowest BCUT2D eigenvalue weighted by Crippen LogP contribution is -2.55. The number of amides is 3. The van der Waals surface area contributed by atoms with E-state index < -0.39 is 54.7 Å². The quantitative estimate of drug-likeness (QED) is 0.444. The molecule has 12 heteroatoms. The molecule has 3 aliphatic rings. The smallest absolute Gasteiger partial charge is 0.383 e. The van der Waals surface area contributed by atoms with E-state index in [4.69, 9.17) is 0 Å². The van der Waals surface area contributed by atoms with E-state index in [1.807, 2.05) is 0 Å². The number of likely N-dealkylation sites (tertiary alicyclic amines) is 1. The van der Waals surface area contributed by atoms with Crippen molar-refractivity contribution < 1.29 is 42.2 Å². The number of alkyl halides is 3. The van der Waals surface area contributed by atoms with E-state index in [-0.39, 0.29) is 30.6 Å². The van der Waals surface area contributed by atoms with Gasteiger partial charge in [-0.1, -0.05) is 13.3 Å². The molecule has 0 aromatic rings. The number of Topliss-reactive ketones (excluding diaryl/α,β-unsaturated/α-hetero) is 1. The lowest BCUT2D eigenvalue weighted by Gasteiger charge is -2.30. The second kappa shape index (κ2) is 10.4. The highest BCUT2D eigenvalue weighted by atomic mass is 19.4. The molecule has 0 aromatic carbocycles. The van der Waals surface area contributed by atoms with Crippen LogP contribution in [0.4, 0.5) is 13.2 Å². The highest BCUT2D eigenvalue weighted by Crippen LogP contribution is 2.42. The molecule has 9 nitrogen and oxygen atoms in total. The third-order valence-electron chi connectivity index (χ3n) is 6.88. The van der Waals surface area contributed by atoms with Crippen molar-refractivity contribution in [2.24, 2.45) is 17.8 Å². The summed E-state index contributed by atoms with van der Waals surface area (Å²) in [5.41, 5.74) is 0. The molecule has 186 valence electrons. The largest absolute Gasteiger partial charge is 0.522 e. The minimum absolute atomic E-state index is 0.0806. The second-order valence-corrected chi connectivity index (χ2v) is 8.99. The summed E-state index contributed by atoms with van der Waals surface area (Å²) in [5.74, 6) is -3.29. The van der Waals surface area contributed by atoms with Crippen LogP contribution >= 0.6 is 0 Å². The van der Waals surface area contributed by atoms with E-state index >= 15 is 0 Å². The number of aliphatic hydroxyl groups excluding tert-OH is 1. The Hall–Kier alpha value is -2.21. The predicted octanol–water partition coefficient (Wildman–Crippen LogP) is 0.501. The van der Waals surface area contributed by atoms with Gasteiger partial charge in [0.1, 0.15) is 18.8 Å². The summed E-state index contributed by atoms with van der Waals surface area (Å²) in [5, 5.41) is 15.1. The van der Waals surface area contributed by atoms with Gasteiger partial charge in [-0.05, 0) is 43.9 Å². The minimum Gasteiger partial charge on any atom is -0.383 e. The van der Waals surface area contributed by atoms with Gasteiger partial charge in [0.15, 0.2) is 5.78 Å². The lowest BCUT2D eigenvalue weighted by atomic mass is 9.92. The summed E-state index contributed by atoms with van der Waals surface area (Å²) in [6.07, 6.45) is -3.49. The molecular formula is C21H30F3N3O6. The van der Waals surface area contributed by atoms with Crippen molar-refractivity contribution in [3.63, 3.8) is 0 Å². The average molecular weight is 477 g/mol. The average Bonchev–Trinajstić information content (AvgIpc) is 3.45. The second-order valence-electron chi connectivity index (χ2n) is 8.99. The van der Waals surface area contributed by atoms with Crippen molar-refractivity contribution in [1.82, 2.24) is 15.5 Å². The number of aliphatic hydroxyl groups is 1. The van der Waals surface area contributed by atoms with E-state index in [0.29, 0.717) is 25.9 Å². The van der Waals surface area contributed by atoms with Crippen molar-refractivity contribution >= 4 is 23.5 Å². The molecule has 3 rings (SSSR count). The number of ketones is 1. The summed E-state index contributed by atoms with van der Waals surface area (Å²) in [6.45, 7) is 1.02. The Morgan fingerprint density at radius 2 is 2.00 bits per heavy atom. The molecule has 6 atom stereocenters. The van der Waals surface area contributed by atoms with Crippen LogP contribution in [0.25, 0.3) is 0 Å². The van der Waals surface area contributed by atoms with E-state index in [2.05, 4.69) is 15.4 Å². The van der Waals surface area contributed by atoms with Gasteiger partial charge in [-0.3, -0.25) is 23.9 Å². The van der Waals surface area contributed by atoms with Gasteiger partial charge in [0.2, 0.25) is 11.8 Å². The van der Waals surface area contributed by atoms with Crippen molar-refractivity contribution in [2.75, 3.05) is 19.7 Å². The first-order chi connectivity index (χ1) is 15.5. The van der Waals surface area contributed by atoms with Crippen LogP contribution in [0, 0.1) is 17.8 Å². The van der Waals surface area contributed by atoms with Gasteiger partial charge in [-0.25, -0.2) is 0 Å². The molecule has 1 saturated carbocycles. The highest BCUT2D eigenvalue weighted by Gasteiger charge is 2.50. The Morgan fingerprint density at radius 3 is 2.61 bits per heavy atom. The Morgan fingerprint density at radius 1 is 1.27 bits per heavy atom. The fourth-order valence-corrected chi connectivity index (χ4v) is 5.17. The number of fused-ring (bicyclic) bond motifs is 1. The van der Waals surface area contributed by atoms with Crippen LogP contribution in [0.2, 0.25) is 0 Å². The summed E-state index contributed by atoms with van der Waals surface area (Å²) >= 11 is 0. The molecule has 33 heavy (non-hydrogen) atoms. The molecule has 0 spiro atoms. The number of carbonyl (C=O) groups excluding carboxylic acids is 4. The van der Waals surface area contributed by atoms with Gasteiger partial charge >= 0.3 is 6.36 Å². The molecular weight excluding hydrogens is 447 g/mol. The number of rotatable bonds is 9. The molecule has 3 amide bonds. The van der Waals surface area contributed by atoms with E-state index in [0.717, 1.165) is 12.8 Å². The van der Waals surface area contributed by atoms with E-state index in [1.165, 1.54) is 4.90 Å². The van der Waals surface area contributed by atoms with Gasteiger partial charge in [-0.2, -0.15) is 0 Å². The van der Waals surface area contributed by atoms with Gasteiger partial charge < -0.3 is 20.6 Å². The van der Waals surface area contributed by atoms with Crippen LogP contribution in [0.5, 0.6) is 0 Å². The van der Waals surface area contributed by atoms with Crippen LogP contribution in [-0.2, 0) is 23.9 Å². The van der Waals surface area contributed by atoms with Crippen LogP contribution in [-0.4, -0.2) is 77.8 Å². The molecule has 2 aliphatic heterocycles. The molecule has 2 heterocycles. The van der Waals surface area contributed by atoms with Crippen LogP contribution in [0.3, 0.4) is 0 Å². The van der Waals surface area contributed by atoms with Gasteiger partial charge in [-0.15, -0.1) is 13.2 Å². The van der Waals surface area contributed by atoms with Crippen molar-refractivity contribution in [3.05, 3.63) is 0 Å². The first-order valence-corrected chi connectivity index (χ1v) is 11.3. The van der Waals surface area contributed by atoms with Crippen molar-refractivity contribution in [1.29, 1.82) is 0 Å². The molecule has 0 bridgehead atoms. The summed E-state index contributed by atoms with van der Waals surface area (Å²) in [4.78, 5) is 51.8. The normalized spacial score (nSPS) is 28.9. The Bertz CT molecular complexity index is 777. The minimum atomic E-state index is -5.02. The maximum atomic E-state index is 13.3. The first-order valence-electron chi connectivity index (χ1n) is 11.3. The topological polar surface area (TPSA) is 125 Å². The SMILES string of the molecule is CC[C@@H](O)C(=O)N1CC2CCCC2C1C(=O)NC(CC1CCNC1=O)C(=O)COC(F)(F)F. The van der Waals surface area contributed by atoms with Crippen LogP contribution in [0.15, 0.2) is 0 Å². The predicted molar refractivity (Wildman–Crippen MR) is 107 cm³/mol. The fourth-order valence-electron chi connectivity index (χ4n) is 5.17. The molecule has 1 aliphatic carbocycles. The molecule has 3 fully saturated rings. The summed E-state index contributed by atoms with van der Waals surface area (Å²) < 4.78 is 41.0. The number of carbonyl (C=O) groups is 4. The van der Waals surface area contributed by atoms with Gasteiger partial charge in [0, 0.05) is 19.0 Å². The Labute approximate surface area is 189 Å². The molecule has 2 saturated heterocycles. The van der Waals surface area contributed by atoms with Crippen LogP contribution < -0.4 is 10.6 Å². The van der Waals surface area contributed by atoms with E-state index in [9.17, 15) is 37.5 Å². The summed E-state index contributed by atoms with van der Waals surface area (Å²) in [7, 11) is 0. The van der Waals surface area contributed by atoms with Gasteiger partial charge in [0.05, 0.1) is 6.04 Å². The monoisotopic (exact) mass is 477 g/mol. The molecule has 0 aromatic heterocycles. The number of halogens is 3. The number of ether oxygens (including phenoxy) is 1. The maximum Gasteiger partial charge on any atom is 0.522 e. The third-order valence-corrected chi connectivity index (χ3v) is 6.88. The Kier molecular flexibility index (Phi) is 7.99. The molecule has 0 radical (unpaired) electrons. The Balaban J connectivity index is 1.77. The first kappa shape index (κ1) is 25.4.